The van der Waals surface area contributed by atoms with Gasteiger partial charge in [-0.15, -0.1) is 0 Å². The maximum absolute atomic E-state index is 12.0. The Labute approximate surface area is 140 Å². The number of carbonyl (C=O) groups excluding carboxylic acids is 1. The standard InChI is InChI=1S/C21H29NO/c1-5-6-13-22-21(23)12-10-17-8-9-18(15(2)3)14-20-16(4)7-11-19(17)20/h7-9,11,14-15H,5-6,10,12-13H2,1-4H3,(H,22,23). The molecule has 23 heavy (non-hydrogen) atoms. The number of amides is 1. The van der Waals surface area contributed by atoms with Crippen LogP contribution in [0.1, 0.15) is 62.6 Å². The van der Waals surface area contributed by atoms with Crippen LogP contribution in [0.3, 0.4) is 0 Å². The van der Waals surface area contributed by atoms with Crippen LogP contribution >= 0.6 is 0 Å². The van der Waals surface area contributed by atoms with E-state index in [4.69, 9.17) is 0 Å². The molecule has 0 bridgehead atoms. The minimum Gasteiger partial charge on any atom is -0.356 e. The fourth-order valence-corrected chi connectivity index (χ4v) is 2.89. The molecule has 0 aromatic rings. The van der Waals surface area contributed by atoms with Crippen LogP contribution in [0.4, 0.5) is 0 Å². The normalized spacial score (nSPS) is 11.2. The summed E-state index contributed by atoms with van der Waals surface area (Å²) in [5.41, 5.74) is 6.54. The average molecular weight is 311 g/mol. The summed E-state index contributed by atoms with van der Waals surface area (Å²) < 4.78 is 0. The Kier molecular flexibility index (Phi) is 6.20. The van der Waals surface area contributed by atoms with Gasteiger partial charge in [-0.2, -0.15) is 0 Å². The monoisotopic (exact) mass is 311 g/mol. The molecule has 124 valence electrons. The average Bonchev–Trinajstić information content (AvgIpc) is 2.77. The first kappa shape index (κ1) is 17.5. The molecule has 0 aromatic heterocycles. The lowest BCUT2D eigenvalue weighted by atomic mass is 10.0. The second-order valence-corrected chi connectivity index (χ2v) is 6.70. The van der Waals surface area contributed by atoms with Crippen molar-refractivity contribution in [2.45, 2.75) is 59.3 Å². The van der Waals surface area contributed by atoms with Crippen molar-refractivity contribution in [2.75, 3.05) is 6.54 Å². The van der Waals surface area contributed by atoms with Gasteiger partial charge in [-0.3, -0.25) is 4.79 Å². The smallest absolute Gasteiger partial charge is 0.220 e. The van der Waals surface area contributed by atoms with Gasteiger partial charge in [0.1, 0.15) is 0 Å². The quantitative estimate of drug-likeness (QED) is 0.710. The lowest BCUT2D eigenvalue weighted by Gasteiger charge is -2.06. The zero-order valence-electron chi connectivity index (χ0n) is 14.9. The predicted octanol–water partition coefficient (Wildman–Crippen LogP) is 5.07. The van der Waals surface area contributed by atoms with Gasteiger partial charge in [-0.05, 0) is 53.5 Å². The Morgan fingerprint density at radius 2 is 1.91 bits per heavy atom. The number of rotatable bonds is 7. The summed E-state index contributed by atoms with van der Waals surface area (Å²) in [6, 6.07) is 11.1. The highest BCUT2D eigenvalue weighted by Gasteiger charge is 2.13. The summed E-state index contributed by atoms with van der Waals surface area (Å²) in [6.45, 7) is 9.53. The van der Waals surface area contributed by atoms with Gasteiger partial charge in [-0.25, -0.2) is 0 Å². The van der Waals surface area contributed by atoms with Crippen molar-refractivity contribution in [3.63, 3.8) is 0 Å². The van der Waals surface area contributed by atoms with Crippen LogP contribution in [0.25, 0.3) is 11.1 Å². The maximum atomic E-state index is 12.0. The highest BCUT2D eigenvalue weighted by molar-refractivity contribution is 5.78. The van der Waals surface area contributed by atoms with Crippen molar-refractivity contribution in [1.82, 2.24) is 5.32 Å². The number of nitrogens with one attached hydrogen (secondary N) is 1. The highest BCUT2D eigenvalue weighted by Crippen LogP contribution is 2.33. The lowest BCUT2D eigenvalue weighted by molar-refractivity contribution is -0.121. The molecule has 0 aromatic carbocycles. The van der Waals surface area contributed by atoms with Crippen LogP contribution in [0.15, 0.2) is 30.3 Å². The molecule has 0 saturated heterocycles. The molecule has 2 aliphatic carbocycles. The maximum Gasteiger partial charge on any atom is 0.220 e. The van der Waals surface area contributed by atoms with E-state index in [0.717, 1.165) is 25.8 Å². The van der Waals surface area contributed by atoms with Gasteiger partial charge in [0.25, 0.3) is 0 Å². The van der Waals surface area contributed by atoms with Gasteiger partial charge < -0.3 is 5.32 Å². The van der Waals surface area contributed by atoms with Crippen molar-refractivity contribution in [1.29, 1.82) is 0 Å². The van der Waals surface area contributed by atoms with E-state index in [1.807, 2.05) is 0 Å². The van der Waals surface area contributed by atoms with Crippen LogP contribution in [-0.4, -0.2) is 12.5 Å². The zero-order valence-corrected chi connectivity index (χ0v) is 14.9. The van der Waals surface area contributed by atoms with E-state index in [1.54, 1.807) is 0 Å². The van der Waals surface area contributed by atoms with E-state index < -0.39 is 0 Å². The summed E-state index contributed by atoms with van der Waals surface area (Å²) in [5.74, 6) is 0.663. The number of aryl methyl sites for hydroxylation is 2. The number of unbranched alkanes of at least 4 members (excludes halogenated alkanes) is 1. The fourth-order valence-electron chi connectivity index (χ4n) is 2.89. The molecule has 2 nitrogen and oxygen atoms in total. The minimum absolute atomic E-state index is 0.158. The number of hydrogen-bond acceptors (Lipinski definition) is 1. The molecule has 1 N–H and O–H groups in total. The van der Waals surface area contributed by atoms with Crippen molar-refractivity contribution >= 4 is 5.91 Å². The highest BCUT2D eigenvalue weighted by atomic mass is 16.1. The van der Waals surface area contributed by atoms with Crippen LogP contribution in [-0.2, 0) is 11.2 Å². The second kappa shape index (κ2) is 8.14. The van der Waals surface area contributed by atoms with Gasteiger partial charge in [0.2, 0.25) is 5.91 Å². The molecule has 2 heteroatoms. The largest absolute Gasteiger partial charge is 0.356 e. The Bertz CT molecular complexity index is 630. The molecular weight excluding hydrogens is 282 g/mol. The summed E-state index contributed by atoms with van der Waals surface area (Å²) in [4.78, 5) is 12.0. The van der Waals surface area contributed by atoms with E-state index in [9.17, 15) is 4.79 Å². The van der Waals surface area contributed by atoms with Crippen molar-refractivity contribution < 1.29 is 4.79 Å². The third kappa shape index (κ3) is 4.57. The Hall–Kier alpha value is -1.83. The summed E-state index contributed by atoms with van der Waals surface area (Å²) in [7, 11) is 0. The molecule has 0 aliphatic heterocycles. The van der Waals surface area contributed by atoms with Gasteiger partial charge in [0, 0.05) is 13.0 Å². The van der Waals surface area contributed by atoms with Crippen molar-refractivity contribution in [3.8, 4) is 11.1 Å². The van der Waals surface area contributed by atoms with Gasteiger partial charge in [0.15, 0.2) is 0 Å². The van der Waals surface area contributed by atoms with E-state index in [-0.39, 0.29) is 5.91 Å². The minimum atomic E-state index is 0.158. The molecule has 1 amide bonds. The first-order valence-corrected chi connectivity index (χ1v) is 8.81. The molecule has 0 radical (unpaired) electrons. The topological polar surface area (TPSA) is 29.1 Å². The van der Waals surface area contributed by atoms with E-state index >= 15 is 0 Å². The molecule has 0 unspecified atom stereocenters. The molecular formula is C21H29NO. The fraction of sp³-hybridized carbons (Fsp3) is 0.476. The molecule has 2 aliphatic rings. The van der Waals surface area contributed by atoms with Crippen LogP contribution in [0, 0.1) is 6.92 Å². The summed E-state index contributed by atoms with van der Waals surface area (Å²) in [6.07, 6.45) is 3.52. The molecule has 0 fully saturated rings. The van der Waals surface area contributed by atoms with Crippen molar-refractivity contribution in [2.24, 2.45) is 0 Å². The molecule has 0 saturated carbocycles. The first-order chi connectivity index (χ1) is 11.0. The second-order valence-electron chi connectivity index (χ2n) is 6.70. The number of carbonyl (C=O) groups is 1. The molecule has 0 atom stereocenters. The summed E-state index contributed by atoms with van der Waals surface area (Å²) >= 11 is 0. The van der Waals surface area contributed by atoms with Crippen LogP contribution < -0.4 is 5.32 Å². The van der Waals surface area contributed by atoms with Gasteiger partial charge in [-0.1, -0.05) is 57.5 Å². The summed E-state index contributed by atoms with van der Waals surface area (Å²) in [5, 5.41) is 3.01. The Morgan fingerprint density at radius 1 is 1.13 bits per heavy atom. The molecule has 0 heterocycles. The van der Waals surface area contributed by atoms with E-state index in [1.165, 1.54) is 27.8 Å². The third-order valence-electron chi connectivity index (χ3n) is 4.49. The third-order valence-corrected chi connectivity index (χ3v) is 4.49. The number of fused-ring (bicyclic) bond motifs is 1. The Balaban J connectivity index is 2.16. The SMILES string of the molecule is CCCCNC(=O)CCc1ccc(C(C)C)cc2c(C)ccc1-2. The zero-order chi connectivity index (χ0) is 16.8. The predicted molar refractivity (Wildman–Crippen MR) is 98.1 cm³/mol. The first-order valence-electron chi connectivity index (χ1n) is 8.81. The van der Waals surface area contributed by atoms with Crippen LogP contribution in [0.2, 0.25) is 0 Å². The van der Waals surface area contributed by atoms with Crippen molar-refractivity contribution in [3.05, 3.63) is 47.0 Å². The Morgan fingerprint density at radius 3 is 2.61 bits per heavy atom. The van der Waals surface area contributed by atoms with Gasteiger partial charge in [0.05, 0.1) is 0 Å². The van der Waals surface area contributed by atoms with E-state index in [2.05, 4.69) is 63.3 Å². The van der Waals surface area contributed by atoms with E-state index in [0.29, 0.717) is 12.3 Å². The lowest BCUT2D eigenvalue weighted by Crippen LogP contribution is -2.24. The molecule has 2 rings (SSSR count). The molecule has 0 spiro atoms. The van der Waals surface area contributed by atoms with Crippen LogP contribution in [0.5, 0.6) is 0 Å². The number of hydrogen-bond donors (Lipinski definition) is 1. The van der Waals surface area contributed by atoms with Gasteiger partial charge >= 0.3 is 0 Å².